The molecule has 0 saturated heterocycles. The van der Waals surface area contributed by atoms with Crippen molar-refractivity contribution in [3.8, 4) is 16.9 Å². The Labute approximate surface area is 277 Å². The maximum Gasteiger partial charge on any atom is 0.323 e. The van der Waals surface area contributed by atoms with Crippen LogP contribution in [0.2, 0.25) is 0 Å². The predicted molar refractivity (Wildman–Crippen MR) is 192 cm³/mol. The van der Waals surface area contributed by atoms with Crippen LogP contribution in [0.25, 0.3) is 22.2 Å². The molecule has 3 aromatic heterocycles. The van der Waals surface area contributed by atoms with Crippen LogP contribution in [0.5, 0.6) is 5.75 Å². The molecule has 0 unspecified atom stereocenters. The number of anilines is 2. The van der Waals surface area contributed by atoms with E-state index in [-0.39, 0.29) is 23.1 Å². The molecular formula is C39H45N5O3. The minimum atomic E-state index is -0.466. The zero-order valence-electron chi connectivity index (χ0n) is 28.0. The lowest BCUT2D eigenvalue weighted by molar-refractivity contribution is 0.262. The number of benzene rings is 2. The third-order valence-corrected chi connectivity index (χ3v) is 8.33. The molecule has 3 heterocycles. The Morgan fingerprint density at radius 1 is 0.872 bits per heavy atom. The number of rotatable bonds is 13. The van der Waals surface area contributed by atoms with Gasteiger partial charge in [-0.1, -0.05) is 77.4 Å². The molecule has 0 spiro atoms. The van der Waals surface area contributed by atoms with Crippen molar-refractivity contribution in [3.63, 3.8) is 0 Å². The second-order valence-electron chi connectivity index (χ2n) is 12.5. The number of fused-ring (bicyclic) bond motifs is 1. The first kappa shape index (κ1) is 33.4. The van der Waals surface area contributed by atoms with E-state index in [0.29, 0.717) is 30.1 Å². The molecule has 0 atom stereocenters. The summed E-state index contributed by atoms with van der Waals surface area (Å²) in [6.07, 6.45) is 8.76. The Hall–Kier alpha value is -4.98. The van der Waals surface area contributed by atoms with Crippen LogP contribution in [0.3, 0.4) is 0 Å². The van der Waals surface area contributed by atoms with Gasteiger partial charge in [-0.2, -0.15) is 0 Å². The Balaban J connectivity index is 1.53. The van der Waals surface area contributed by atoms with E-state index in [2.05, 4.69) is 61.3 Å². The lowest BCUT2D eigenvalue weighted by Crippen LogP contribution is -2.30. The number of ether oxygens (including phenoxy) is 1. The van der Waals surface area contributed by atoms with Crippen molar-refractivity contribution in [2.24, 2.45) is 0 Å². The van der Waals surface area contributed by atoms with E-state index in [1.54, 1.807) is 17.0 Å². The highest BCUT2D eigenvalue weighted by Crippen LogP contribution is 2.36. The van der Waals surface area contributed by atoms with E-state index >= 15 is 0 Å². The van der Waals surface area contributed by atoms with Gasteiger partial charge in [0.1, 0.15) is 17.1 Å². The van der Waals surface area contributed by atoms with Crippen LogP contribution < -0.4 is 20.9 Å². The first-order chi connectivity index (χ1) is 22.8. The normalized spacial score (nSPS) is 11.3. The average molecular weight is 632 g/mol. The summed E-state index contributed by atoms with van der Waals surface area (Å²) in [5.41, 5.74) is 5.91. The van der Waals surface area contributed by atoms with Gasteiger partial charge in [-0.25, -0.2) is 9.78 Å². The van der Waals surface area contributed by atoms with Crippen LogP contribution in [0, 0.1) is 0 Å². The highest BCUT2D eigenvalue weighted by Gasteiger charge is 2.23. The van der Waals surface area contributed by atoms with Gasteiger partial charge in [0.2, 0.25) is 0 Å². The molecule has 2 aromatic carbocycles. The van der Waals surface area contributed by atoms with Gasteiger partial charge in [0.05, 0.1) is 6.61 Å². The van der Waals surface area contributed by atoms with Crippen molar-refractivity contribution in [3.05, 3.63) is 112 Å². The van der Waals surface area contributed by atoms with Gasteiger partial charge in [-0.15, -0.1) is 0 Å². The number of aromatic nitrogens is 3. The number of carbonyl (C=O) groups excluding carboxylic acids is 1. The molecule has 5 aromatic rings. The van der Waals surface area contributed by atoms with Crippen molar-refractivity contribution >= 4 is 28.4 Å². The van der Waals surface area contributed by atoms with Crippen LogP contribution in [0.4, 0.5) is 16.2 Å². The summed E-state index contributed by atoms with van der Waals surface area (Å²) in [5.74, 6) is 1.08. The minimum Gasteiger partial charge on any atom is -0.494 e. The van der Waals surface area contributed by atoms with Crippen molar-refractivity contribution < 1.29 is 9.53 Å². The number of para-hydroxylation sites is 1. The molecule has 8 heteroatoms. The highest BCUT2D eigenvalue weighted by molar-refractivity contribution is 6.07. The van der Waals surface area contributed by atoms with Crippen molar-refractivity contribution in [2.45, 2.75) is 78.7 Å². The quantitative estimate of drug-likeness (QED) is 0.126. The SMILES string of the molecule is CCCCn1c(=O)c(NC(=O)Nc2c(C(C)C)cccc2C(C)C)c(-c2cccc(OCCCc3cccnc3)c2)c2cccnc21. The number of pyridine rings is 3. The van der Waals surface area contributed by atoms with Crippen molar-refractivity contribution in [2.75, 3.05) is 17.2 Å². The molecule has 8 nitrogen and oxygen atoms in total. The van der Waals surface area contributed by atoms with Gasteiger partial charge >= 0.3 is 6.03 Å². The van der Waals surface area contributed by atoms with Gasteiger partial charge in [0.25, 0.3) is 5.56 Å². The number of hydrogen-bond donors (Lipinski definition) is 2. The molecule has 0 radical (unpaired) electrons. The first-order valence-corrected chi connectivity index (χ1v) is 16.6. The van der Waals surface area contributed by atoms with Gasteiger partial charge in [0.15, 0.2) is 0 Å². The monoisotopic (exact) mass is 631 g/mol. The molecule has 2 N–H and O–H groups in total. The third-order valence-electron chi connectivity index (χ3n) is 8.33. The summed E-state index contributed by atoms with van der Waals surface area (Å²) in [4.78, 5) is 37.0. The number of amides is 2. The van der Waals surface area contributed by atoms with Crippen molar-refractivity contribution in [1.29, 1.82) is 0 Å². The minimum absolute atomic E-state index is 0.199. The zero-order chi connectivity index (χ0) is 33.3. The number of nitrogens with one attached hydrogen (secondary N) is 2. The number of hydrogen-bond acceptors (Lipinski definition) is 5. The van der Waals surface area contributed by atoms with E-state index in [9.17, 15) is 9.59 Å². The second kappa shape index (κ2) is 15.5. The first-order valence-electron chi connectivity index (χ1n) is 16.6. The molecular weight excluding hydrogens is 586 g/mol. The molecule has 2 amide bonds. The third kappa shape index (κ3) is 7.88. The standard InChI is InChI=1S/C39H45N5O3/c1-6-7-22-44-37-33(19-11-21-41-37)34(29-15-8-16-30(24-29)47-23-12-14-28-13-10-20-40-25-28)36(38(44)45)43-39(46)42-35-31(26(2)3)17-9-18-32(35)27(4)5/h8-11,13,15-21,24-27H,6-7,12,14,22-23H2,1-5H3,(H2,42,43,46). The molecule has 244 valence electrons. The molecule has 0 saturated carbocycles. The summed E-state index contributed by atoms with van der Waals surface area (Å²) >= 11 is 0. The predicted octanol–water partition coefficient (Wildman–Crippen LogP) is 9.16. The van der Waals surface area contributed by atoms with Gasteiger partial charge in [-0.05, 0) is 83.7 Å². The fourth-order valence-electron chi connectivity index (χ4n) is 5.93. The summed E-state index contributed by atoms with van der Waals surface area (Å²) in [6.45, 7) is 11.5. The maximum atomic E-state index is 14.3. The Bertz CT molecular complexity index is 1860. The van der Waals surface area contributed by atoms with Gasteiger partial charge < -0.3 is 15.4 Å². The number of unbranched alkanes of at least 4 members (excludes halogenated alkanes) is 1. The smallest absolute Gasteiger partial charge is 0.323 e. The summed E-state index contributed by atoms with van der Waals surface area (Å²) < 4.78 is 7.84. The van der Waals surface area contributed by atoms with Crippen LogP contribution >= 0.6 is 0 Å². The van der Waals surface area contributed by atoms with E-state index in [1.807, 2.05) is 66.9 Å². The average Bonchev–Trinajstić information content (AvgIpc) is 3.07. The van der Waals surface area contributed by atoms with Gasteiger partial charge in [-0.3, -0.25) is 14.3 Å². The van der Waals surface area contributed by atoms with Gasteiger partial charge in [0, 0.05) is 41.8 Å². The zero-order valence-corrected chi connectivity index (χ0v) is 28.0. The molecule has 5 rings (SSSR count). The molecule has 0 aliphatic heterocycles. The van der Waals surface area contributed by atoms with E-state index in [0.717, 1.165) is 59.0 Å². The largest absolute Gasteiger partial charge is 0.494 e. The lowest BCUT2D eigenvalue weighted by Gasteiger charge is -2.22. The lowest BCUT2D eigenvalue weighted by atomic mass is 9.93. The molecule has 0 bridgehead atoms. The fraction of sp³-hybridized carbons (Fsp3) is 0.333. The topological polar surface area (TPSA) is 98.1 Å². The Morgan fingerprint density at radius 2 is 1.60 bits per heavy atom. The number of carbonyl (C=O) groups is 1. The number of nitrogens with zero attached hydrogens (tertiary/aromatic N) is 3. The Morgan fingerprint density at radius 3 is 2.30 bits per heavy atom. The molecule has 0 aliphatic rings. The van der Waals surface area contributed by atoms with E-state index < -0.39 is 6.03 Å². The second-order valence-corrected chi connectivity index (χ2v) is 12.5. The fourth-order valence-corrected chi connectivity index (χ4v) is 5.93. The van der Waals surface area contributed by atoms with Crippen LogP contribution in [0.15, 0.2) is 90.1 Å². The Kier molecular flexibility index (Phi) is 11.0. The van der Waals surface area contributed by atoms with Crippen LogP contribution in [-0.4, -0.2) is 27.2 Å². The summed E-state index contributed by atoms with van der Waals surface area (Å²) in [5, 5.41) is 6.90. The number of aryl methyl sites for hydroxylation is 2. The molecule has 0 fully saturated rings. The molecule has 0 aliphatic carbocycles. The number of urea groups is 1. The van der Waals surface area contributed by atoms with E-state index in [1.165, 1.54) is 0 Å². The summed E-state index contributed by atoms with van der Waals surface area (Å²) in [7, 11) is 0. The van der Waals surface area contributed by atoms with E-state index in [4.69, 9.17) is 4.74 Å². The summed E-state index contributed by atoms with van der Waals surface area (Å²) in [6, 6.07) is 21.1. The maximum absolute atomic E-state index is 14.3. The molecule has 47 heavy (non-hydrogen) atoms. The van der Waals surface area contributed by atoms with Crippen LogP contribution in [-0.2, 0) is 13.0 Å². The highest BCUT2D eigenvalue weighted by atomic mass is 16.5. The van der Waals surface area contributed by atoms with Crippen molar-refractivity contribution in [1.82, 2.24) is 14.5 Å². The van der Waals surface area contributed by atoms with Crippen LogP contribution in [0.1, 0.15) is 82.4 Å².